The third-order valence-electron chi connectivity index (χ3n) is 3.93. The van der Waals surface area contributed by atoms with E-state index in [0.29, 0.717) is 11.7 Å². The van der Waals surface area contributed by atoms with Gasteiger partial charge in [-0.2, -0.15) is 0 Å². The summed E-state index contributed by atoms with van der Waals surface area (Å²) < 4.78 is 0. The first-order chi connectivity index (χ1) is 7.74. The first-order valence-electron chi connectivity index (χ1n) is 7.26. The Morgan fingerprint density at radius 2 is 1.81 bits per heavy atom. The van der Waals surface area contributed by atoms with Crippen molar-refractivity contribution in [2.24, 2.45) is 11.8 Å². The molecule has 0 N–H and O–H groups in total. The minimum Gasteiger partial charge on any atom is -0.299 e. The van der Waals surface area contributed by atoms with Crippen LogP contribution in [0, 0.1) is 11.8 Å². The lowest BCUT2D eigenvalue weighted by atomic mass is 9.79. The fourth-order valence-corrected chi connectivity index (χ4v) is 2.78. The van der Waals surface area contributed by atoms with E-state index in [9.17, 15) is 4.79 Å². The predicted molar refractivity (Wildman–Crippen MR) is 69.5 cm³/mol. The molecule has 1 heteroatoms. The number of ketones is 1. The van der Waals surface area contributed by atoms with E-state index in [1.165, 1.54) is 38.5 Å². The smallest absolute Gasteiger partial charge is 0.135 e. The van der Waals surface area contributed by atoms with E-state index in [4.69, 9.17) is 0 Å². The van der Waals surface area contributed by atoms with Crippen molar-refractivity contribution in [3.8, 4) is 0 Å². The molecule has 0 amide bonds. The summed E-state index contributed by atoms with van der Waals surface area (Å²) in [5.41, 5.74) is 0. The van der Waals surface area contributed by atoms with Crippen LogP contribution < -0.4 is 0 Å². The summed E-state index contributed by atoms with van der Waals surface area (Å²) >= 11 is 0. The van der Waals surface area contributed by atoms with E-state index in [0.717, 1.165) is 31.6 Å². The van der Waals surface area contributed by atoms with Crippen LogP contribution >= 0.6 is 0 Å². The Hall–Kier alpha value is -0.330. The Kier molecular flexibility index (Phi) is 6.75. The minimum absolute atomic E-state index is 0.412. The fraction of sp³-hybridized carbons (Fsp3) is 0.933. The summed E-state index contributed by atoms with van der Waals surface area (Å²) in [5.74, 6) is 1.74. The van der Waals surface area contributed by atoms with Gasteiger partial charge in [0.25, 0.3) is 0 Å². The molecule has 0 heterocycles. The first-order valence-corrected chi connectivity index (χ1v) is 7.26. The van der Waals surface area contributed by atoms with E-state index >= 15 is 0 Å². The topological polar surface area (TPSA) is 17.1 Å². The highest BCUT2D eigenvalue weighted by Crippen LogP contribution is 2.29. The molecule has 1 aliphatic rings. The summed E-state index contributed by atoms with van der Waals surface area (Å²) in [4.78, 5) is 11.7. The molecule has 2 atom stereocenters. The van der Waals surface area contributed by atoms with Crippen LogP contribution in [0.15, 0.2) is 0 Å². The largest absolute Gasteiger partial charge is 0.299 e. The zero-order valence-corrected chi connectivity index (χ0v) is 11.1. The third kappa shape index (κ3) is 5.14. The van der Waals surface area contributed by atoms with Crippen molar-refractivity contribution in [2.75, 3.05) is 0 Å². The van der Waals surface area contributed by atoms with Crippen LogP contribution in [0.4, 0.5) is 0 Å². The molecule has 1 saturated carbocycles. The molecule has 1 nitrogen and oxygen atoms in total. The zero-order valence-electron chi connectivity index (χ0n) is 11.1. The monoisotopic (exact) mass is 224 g/mol. The molecule has 0 aromatic carbocycles. The fourth-order valence-electron chi connectivity index (χ4n) is 2.78. The SMILES string of the molecule is CCCCCCCC[C@@H]1C[C@H](C)CCC1=O. The molecule has 0 aromatic rings. The maximum absolute atomic E-state index is 11.7. The Balaban J connectivity index is 2.05. The van der Waals surface area contributed by atoms with E-state index < -0.39 is 0 Å². The lowest BCUT2D eigenvalue weighted by molar-refractivity contribution is -0.125. The number of carbonyl (C=O) groups excluding carboxylic acids is 1. The molecule has 0 radical (unpaired) electrons. The van der Waals surface area contributed by atoms with E-state index in [-0.39, 0.29) is 0 Å². The van der Waals surface area contributed by atoms with Crippen LogP contribution in [-0.2, 0) is 4.79 Å². The van der Waals surface area contributed by atoms with Gasteiger partial charge in [-0.1, -0.05) is 52.4 Å². The highest BCUT2D eigenvalue weighted by Gasteiger charge is 2.25. The molecule has 0 saturated heterocycles. The lowest BCUT2D eigenvalue weighted by Crippen LogP contribution is -2.23. The molecule has 1 rings (SSSR count). The Morgan fingerprint density at radius 3 is 2.56 bits per heavy atom. The van der Waals surface area contributed by atoms with Crippen molar-refractivity contribution >= 4 is 5.78 Å². The second-order valence-corrected chi connectivity index (χ2v) is 5.60. The number of hydrogen-bond acceptors (Lipinski definition) is 1. The van der Waals surface area contributed by atoms with Gasteiger partial charge in [0.05, 0.1) is 0 Å². The molecular weight excluding hydrogens is 196 g/mol. The summed E-state index contributed by atoms with van der Waals surface area (Å²) in [6.07, 6.45) is 12.3. The van der Waals surface area contributed by atoms with Crippen LogP contribution in [0.3, 0.4) is 0 Å². The molecule has 0 aromatic heterocycles. The Labute approximate surface area is 101 Å². The zero-order chi connectivity index (χ0) is 11.8. The van der Waals surface area contributed by atoms with Gasteiger partial charge in [0.1, 0.15) is 5.78 Å². The maximum Gasteiger partial charge on any atom is 0.135 e. The summed E-state index contributed by atoms with van der Waals surface area (Å²) in [6.45, 7) is 4.54. The predicted octanol–water partition coefficient (Wildman–Crippen LogP) is 4.74. The second kappa shape index (κ2) is 7.86. The van der Waals surface area contributed by atoms with Gasteiger partial charge in [-0.05, 0) is 25.2 Å². The van der Waals surface area contributed by atoms with E-state index in [2.05, 4.69) is 13.8 Å². The highest BCUT2D eigenvalue weighted by molar-refractivity contribution is 5.81. The van der Waals surface area contributed by atoms with Crippen LogP contribution in [-0.4, -0.2) is 5.78 Å². The number of unbranched alkanes of at least 4 members (excludes halogenated alkanes) is 5. The first kappa shape index (κ1) is 13.7. The van der Waals surface area contributed by atoms with Crippen molar-refractivity contribution in [1.29, 1.82) is 0 Å². The molecule has 94 valence electrons. The van der Waals surface area contributed by atoms with Gasteiger partial charge in [0.15, 0.2) is 0 Å². The van der Waals surface area contributed by atoms with E-state index in [1.54, 1.807) is 0 Å². The minimum atomic E-state index is 0.412. The molecule has 0 spiro atoms. The van der Waals surface area contributed by atoms with Gasteiger partial charge in [-0.25, -0.2) is 0 Å². The molecular formula is C15H28O. The van der Waals surface area contributed by atoms with Gasteiger partial charge in [-0.15, -0.1) is 0 Å². The molecule has 0 unspecified atom stereocenters. The molecule has 1 fully saturated rings. The van der Waals surface area contributed by atoms with Gasteiger partial charge in [0.2, 0.25) is 0 Å². The van der Waals surface area contributed by atoms with Crippen molar-refractivity contribution in [1.82, 2.24) is 0 Å². The molecule has 1 aliphatic carbocycles. The van der Waals surface area contributed by atoms with Crippen molar-refractivity contribution in [3.05, 3.63) is 0 Å². The standard InChI is InChI=1S/C15H28O/c1-3-4-5-6-7-8-9-14-12-13(2)10-11-15(14)16/h13-14H,3-12H2,1-2H3/t13-,14-/m1/s1. The van der Waals surface area contributed by atoms with Crippen LogP contribution in [0.1, 0.15) is 78.1 Å². The summed E-state index contributed by atoms with van der Waals surface area (Å²) in [6, 6.07) is 0. The lowest BCUT2D eigenvalue weighted by Gasteiger charge is -2.25. The second-order valence-electron chi connectivity index (χ2n) is 5.60. The Bertz CT molecular complexity index is 198. The number of hydrogen-bond donors (Lipinski definition) is 0. The van der Waals surface area contributed by atoms with E-state index in [1.807, 2.05) is 0 Å². The number of carbonyl (C=O) groups is 1. The highest BCUT2D eigenvalue weighted by atomic mass is 16.1. The number of Topliss-reactive ketones (excluding diaryl/α,β-unsaturated/α-hetero) is 1. The number of rotatable bonds is 7. The van der Waals surface area contributed by atoms with Crippen LogP contribution in [0.25, 0.3) is 0 Å². The van der Waals surface area contributed by atoms with Gasteiger partial charge >= 0.3 is 0 Å². The maximum atomic E-state index is 11.7. The normalized spacial score (nSPS) is 26.0. The van der Waals surface area contributed by atoms with Gasteiger partial charge in [0, 0.05) is 12.3 Å². The van der Waals surface area contributed by atoms with Gasteiger partial charge in [-0.3, -0.25) is 4.79 Å². The summed E-state index contributed by atoms with van der Waals surface area (Å²) in [5, 5.41) is 0. The van der Waals surface area contributed by atoms with Crippen LogP contribution in [0.5, 0.6) is 0 Å². The Morgan fingerprint density at radius 1 is 1.12 bits per heavy atom. The van der Waals surface area contributed by atoms with Crippen molar-refractivity contribution in [2.45, 2.75) is 78.1 Å². The van der Waals surface area contributed by atoms with Crippen LogP contribution in [0.2, 0.25) is 0 Å². The van der Waals surface area contributed by atoms with Crippen molar-refractivity contribution < 1.29 is 4.79 Å². The summed E-state index contributed by atoms with van der Waals surface area (Å²) in [7, 11) is 0. The third-order valence-corrected chi connectivity index (χ3v) is 3.93. The quantitative estimate of drug-likeness (QED) is 0.571. The molecule has 0 aliphatic heterocycles. The average molecular weight is 224 g/mol. The molecule has 16 heavy (non-hydrogen) atoms. The van der Waals surface area contributed by atoms with Gasteiger partial charge < -0.3 is 0 Å². The average Bonchev–Trinajstić information content (AvgIpc) is 2.28. The molecule has 0 bridgehead atoms. The van der Waals surface area contributed by atoms with Crippen molar-refractivity contribution in [3.63, 3.8) is 0 Å².